The first kappa shape index (κ1) is 21.9. The summed E-state index contributed by atoms with van der Waals surface area (Å²) >= 11 is 0. The van der Waals surface area contributed by atoms with Gasteiger partial charge in [-0.2, -0.15) is 17.5 Å². The second-order valence-corrected chi connectivity index (χ2v) is 9.38. The lowest BCUT2D eigenvalue weighted by Crippen LogP contribution is -2.53. The molecule has 1 heterocycles. The van der Waals surface area contributed by atoms with Crippen LogP contribution < -0.4 is 4.74 Å². The molecule has 2 unspecified atom stereocenters. The Bertz CT molecular complexity index is 819. The van der Waals surface area contributed by atoms with Gasteiger partial charge in [0.15, 0.2) is 0 Å². The molecule has 1 aromatic rings. The molecule has 0 bridgehead atoms. The molecular weight excluding hydrogens is 409 g/mol. The number of hydrogen-bond donors (Lipinski definition) is 0. The summed E-state index contributed by atoms with van der Waals surface area (Å²) in [7, 11) is -2.25. The first-order valence-corrected chi connectivity index (χ1v) is 11.1. The molecule has 1 saturated carbocycles. The highest BCUT2D eigenvalue weighted by Gasteiger charge is 2.49. The van der Waals surface area contributed by atoms with Crippen molar-refractivity contribution < 1.29 is 31.1 Å². The summed E-state index contributed by atoms with van der Waals surface area (Å²) < 4.78 is 71.8. The fourth-order valence-electron chi connectivity index (χ4n) is 4.10. The van der Waals surface area contributed by atoms with Crippen molar-refractivity contribution in [2.24, 2.45) is 11.8 Å². The number of carbonyl (C=O) groups excluding carboxylic acids is 1. The highest BCUT2D eigenvalue weighted by molar-refractivity contribution is 7.89. The molecule has 10 heteroatoms. The molecule has 2 aliphatic rings. The minimum absolute atomic E-state index is 0.0221. The molecule has 3 rings (SSSR count). The van der Waals surface area contributed by atoms with Crippen molar-refractivity contribution in [2.75, 3.05) is 33.3 Å². The fourth-order valence-corrected chi connectivity index (χ4v) is 5.52. The molecule has 1 saturated heterocycles. The van der Waals surface area contributed by atoms with Crippen LogP contribution in [0, 0.1) is 11.8 Å². The molecular formula is C19H25F3N2O4S. The molecule has 1 aliphatic carbocycles. The lowest BCUT2D eigenvalue weighted by Gasteiger charge is -2.39. The van der Waals surface area contributed by atoms with Gasteiger partial charge in [-0.15, -0.1) is 0 Å². The number of methoxy groups -OCH3 is 1. The summed E-state index contributed by atoms with van der Waals surface area (Å²) in [6.07, 6.45) is -3.10. The lowest BCUT2D eigenvalue weighted by atomic mass is 9.78. The third kappa shape index (κ3) is 4.69. The van der Waals surface area contributed by atoms with Gasteiger partial charge >= 0.3 is 6.18 Å². The van der Waals surface area contributed by atoms with Crippen LogP contribution in [0.15, 0.2) is 29.2 Å². The van der Waals surface area contributed by atoms with Crippen molar-refractivity contribution in [1.82, 2.24) is 9.21 Å². The van der Waals surface area contributed by atoms with Crippen molar-refractivity contribution in [2.45, 2.75) is 36.8 Å². The van der Waals surface area contributed by atoms with E-state index in [1.165, 1.54) is 28.4 Å². The maximum atomic E-state index is 13.3. The van der Waals surface area contributed by atoms with Crippen LogP contribution in [-0.2, 0) is 14.8 Å². The number of carbonyl (C=O) groups is 1. The van der Waals surface area contributed by atoms with Gasteiger partial charge in [0.1, 0.15) is 5.75 Å². The van der Waals surface area contributed by atoms with Gasteiger partial charge in [0.2, 0.25) is 15.9 Å². The van der Waals surface area contributed by atoms with Crippen molar-refractivity contribution in [3.05, 3.63) is 24.3 Å². The zero-order valence-electron chi connectivity index (χ0n) is 16.2. The molecule has 29 heavy (non-hydrogen) atoms. The zero-order valence-corrected chi connectivity index (χ0v) is 17.0. The normalized spacial score (nSPS) is 24.3. The van der Waals surface area contributed by atoms with Gasteiger partial charge in [0.05, 0.1) is 17.9 Å². The minimum atomic E-state index is -4.39. The number of amides is 1. The van der Waals surface area contributed by atoms with E-state index in [0.717, 1.165) is 0 Å². The number of piperazine rings is 1. The molecule has 2 atom stereocenters. The summed E-state index contributed by atoms with van der Waals surface area (Å²) in [5.74, 6) is -2.64. The van der Waals surface area contributed by atoms with E-state index in [9.17, 15) is 26.4 Å². The Morgan fingerprint density at radius 2 is 1.62 bits per heavy atom. The van der Waals surface area contributed by atoms with E-state index in [0.29, 0.717) is 18.6 Å². The highest BCUT2D eigenvalue weighted by atomic mass is 32.2. The Morgan fingerprint density at radius 3 is 2.17 bits per heavy atom. The van der Waals surface area contributed by atoms with E-state index in [1.54, 1.807) is 12.1 Å². The van der Waals surface area contributed by atoms with Crippen LogP contribution in [0.1, 0.15) is 25.7 Å². The predicted molar refractivity (Wildman–Crippen MR) is 99.8 cm³/mol. The SMILES string of the molecule is COc1ccc(S(=O)(=O)N2CCN(C(=O)C3CCCCC3C(F)(F)F)CC2)cc1. The van der Waals surface area contributed by atoms with Gasteiger partial charge in [-0.25, -0.2) is 8.42 Å². The van der Waals surface area contributed by atoms with E-state index in [-0.39, 0.29) is 43.9 Å². The third-order valence-corrected chi connectivity index (χ3v) is 7.66. The smallest absolute Gasteiger partial charge is 0.392 e. The van der Waals surface area contributed by atoms with Crippen LogP contribution in [0.2, 0.25) is 0 Å². The number of hydrogen-bond acceptors (Lipinski definition) is 4. The number of nitrogens with zero attached hydrogens (tertiary/aromatic N) is 2. The molecule has 2 fully saturated rings. The van der Waals surface area contributed by atoms with E-state index < -0.39 is 33.9 Å². The van der Waals surface area contributed by atoms with Gasteiger partial charge in [-0.1, -0.05) is 12.8 Å². The van der Waals surface area contributed by atoms with Crippen LogP contribution in [0.25, 0.3) is 0 Å². The van der Waals surface area contributed by atoms with Crippen molar-refractivity contribution in [1.29, 1.82) is 0 Å². The minimum Gasteiger partial charge on any atom is -0.497 e. The highest BCUT2D eigenvalue weighted by Crippen LogP contribution is 2.42. The maximum Gasteiger partial charge on any atom is 0.392 e. The van der Waals surface area contributed by atoms with Gasteiger partial charge in [0, 0.05) is 32.1 Å². The Labute approximate surface area is 168 Å². The van der Waals surface area contributed by atoms with E-state index >= 15 is 0 Å². The van der Waals surface area contributed by atoms with Gasteiger partial charge in [-0.3, -0.25) is 4.79 Å². The van der Waals surface area contributed by atoms with Crippen LogP contribution in [0.5, 0.6) is 5.75 Å². The van der Waals surface area contributed by atoms with Gasteiger partial charge < -0.3 is 9.64 Å². The predicted octanol–water partition coefficient (Wildman–Crippen LogP) is 2.90. The second-order valence-electron chi connectivity index (χ2n) is 7.44. The second kappa shape index (κ2) is 8.51. The molecule has 1 aromatic carbocycles. The average Bonchev–Trinajstić information content (AvgIpc) is 2.72. The third-order valence-electron chi connectivity index (χ3n) is 5.75. The number of rotatable bonds is 4. The lowest BCUT2D eigenvalue weighted by molar-refractivity contribution is -0.201. The zero-order chi connectivity index (χ0) is 21.2. The first-order chi connectivity index (χ1) is 13.6. The summed E-state index contributed by atoms with van der Waals surface area (Å²) in [6, 6.07) is 5.99. The fraction of sp³-hybridized carbons (Fsp3) is 0.632. The van der Waals surface area contributed by atoms with Gasteiger partial charge in [0.25, 0.3) is 0 Å². The van der Waals surface area contributed by atoms with E-state index in [4.69, 9.17) is 4.74 Å². The van der Waals surface area contributed by atoms with Crippen LogP contribution >= 0.6 is 0 Å². The average molecular weight is 434 g/mol. The van der Waals surface area contributed by atoms with Gasteiger partial charge in [-0.05, 0) is 37.1 Å². The van der Waals surface area contributed by atoms with Crippen LogP contribution in [-0.4, -0.2) is 63.0 Å². The van der Waals surface area contributed by atoms with E-state index in [1.807, 2.05) is 0 Å². The Balaban J connectivity index is 1.65. The Kier molecular flexibility index (Phi) is 6.42. The molecule has 162 valence electrons. The van der Waals surface area contributed by atoms with E-state index in [2.05, 4.69) is 0 Å². The van der Waals surface area contributed by atoms with Crippen molar-refractivity contribution >= 4 is 15.9 Å². The number of halogens is 3. The summed E-state index contributed by atoms with van der Waals surface area (Å²) in [5.41, 5.74) is 0. The van der Waals surface area contributed by atoms with Crippen molar-refractivity contribution in [3.63, 3.8) is 0 Å². The summed E-state index contributed by atoms with van der Waals surface area (Å²) in [6.45, 7) is 0.303. The monoisotopic (exact) mass is 434 g/mol. The maximum absolute atomic E-state index is 13.3. The molecule has 1 aliphatic heterocycles. The number of alkyl halides is 3. The Morgan fingerprint density at radius 1 is 1.03 bits per heavy atom. The number of benzene rings is 1. The molecule has 0 N–H and O–H groups in total. The molecule has 0 aromatic heterocycles. The molecule has 0 spiro atoms. The standard InChI is InChI=1S/C19H25F3N2O4S/c1-28-14-6-8-15(9-7-14)29(26,27)24-12-10-23(11-13-24)18(25)16-4-2-3-5-17(16)19(20,21)22/h6-9,16-17H,2-5,10-13H2,1H3. The van der Waals surface area contributed by atoms with Crippen LogP contribution in [0.3, 0.4) is 0 Å². The molecule has 1 amide bonds. The van der Waals surface area contributed by atoms with Crippen molar-refractivity contribution in [3.8, 4) is 5.75 Å². The Hall–Kier alpha value is -1.81. The summed E-state index contributed by atoms with van der Waals surface area (Å²) in [4.78, 5) is 14.2. The number of ether oxygens (including phenoxy) is 1. The number of sulfonamides is 1. The molecule has 6 nitrogen and oxygen atoms in total. The quantitative estimate of drug-likeness (QED) is 0.731. The molecule has 0 radical (unpaired) electrons. The van der Waals surface area contributed by atoms with Crippen LogP contribution in [0.4, 0.5) is 13.2 Å². The largest absolute Gasteiger partial charge is 0.497 e. The summed E-state index contributed by atoms with van der Waals surface area (Å²) in [5, 5.41) is 0. The first-order valence-electron chi connectivity index (χ1n) is 9.64. The topological polar surface area (TPSA) is 66.9 Å².